The number of ether oxygens (including phenoxy) is 2. The first-order valence-electron chi connectivity index (χ1n) is 5.84. The third kappa shape index (κ3) is 2.94. The van der Waals surface area contributed by atoms with Gasteiger partial charge in [0.2, 0.25) is 0 Å². The van der Waals surface area contributed by atoms with E-state index in [4.69, 9.17) is 9.47 Å². The Kier molecular flexibility index (Phi) is 3.47. The topological polar surface area (TPSA) is 18.5 Å². The monoisotopic (exact) mass is 236 g/mol. The van der Waals surface area contributed by atoms with E-state index < -0.39 is 8.07 Å². The molecule has 1 aromatic carbocycles. The number of benzene rings is 1. The smallest absolute Gasteiger partial charge is 0.105 e. The van der Waals surface area contributed by atoms with Crippen molar-refractivity contribution >= 4 is 13.3 Å². The molecule has 0 unspecified atom stereocenters. The molecule has 88 valence electrons. The van der Waals surface area contributed by atoms with Crippen LogP contribution in [0.3, 0.4) is 0 Å². The summed E-state index contributed by atoms with van der Waals surface area (Å²) in [6.45, 7) is 9.32. The second-order valence-corrected chi connectivity index (χ2v) is 10.5. The molecule has 1 aliphatic rings. The van der Waals surface area contributed by atoms with Crippen LogP contribution in [0.25, 0.3) is 0 Å². The fourth-order valence-electron chi connectivity index (χ4n) is 1.63. The largest absolute Gasteiger partial charge is 0.376 e. The van der Waals surface area contributed by atoms with E-state index in [0.717, 1.165) is 13.2 Å². The SMILES string of the molecule is C[Si](C)(C)c1ccc(COC2COC2)cc1. The molecular formula is C13H20O2Si. The summed E-state index contributed by atoms with van der Waals surface area (Å²) in [7, 11) is -1.16. The summed E-state index contributed by atoms with van der Waals surface area (Å²) in [6, 6.07) is 8.88. The molecule has 1 aromatic rings. The minimum Gasteiger partial charge on any atom is -0.376 e. The molecule has 0 bridgehead atoms. The van der Waals surface area contributed by atoms with E-state index in [9.17, 15) is 0 Å². The fourth-order valence-corrected chi connectivity index (χ4v) is 2.79. The minimum atomic E-state index is -1.16. The molecule has 0 spiro atoms. The quantitative estimate of drug-likeness (QED) is 0.746. The van der Waals surface area contributed by atoms with Crippen molar-refractivity contribution in [3.05, 3.63) is 29.8 Å². The summed E-state index contributed by atoms with van der Waals surface area (Å²) < 4.78 is 10.7. The van der Waals surface area contributed by atoms with Gasteiger partial charge >= 0.3 is 0 Å². The van der Waals surface area contributed by atoms with Crippen LogP contribution < -0.4 is 5.19 Å². The average molecular weight is 236 g/mol. The van der Waals surface area contributed by atoms with Crippen molar-refractivity contribution in [2.45, 2.75) is 32.4 Å². The van der Waals surface area contributed by atoms with Crippen molar-refractivity contribution in [2.24, 2.45) is 0 Å². The van der Waals surface area contributed by atoms with Crippen LogP contribution in [-0.4, -0.2) is 27.4 Å². The average Bonchev–Trinajstić information content (AvgIpc) is 2.15. The summed E-state index contributed by atoms with van der Waals surface area (Å²) in [5.41, 5.74) is 1.26. The Labute approximate surface area is 98.6 Å². The maximum Gasteiger partial charge on any atom is 0.105 e. The van der Waals surface area contributed by atoms with Gasteiger partial charge < -0.3 is 9.47 Å². The Morgan fingerprint density at radius 3 is 2.25 bits per heavy atom. The fraction of sp³-hybridized carbons (Fsp3) is 0.538. The van der Waals surface area contributed by atoms with Crippen LogP contribution >= 0.6 is 0 Å². The highest BCUT2D eigenvalue weighted by molar-refractivity contribution is 6.88. The van der Waals surface area contributed by atoms with Crippen LogP contribution in [0.1, 0.15) is 5.56 Å². The lowest BCUT2D eigenvalue weighted by atomic mass is 10.2. The van der Waals surface area contributed by atoms with E-state index in [2.05, 4.69) is 43.9 Å². The minimum absolute atomic E-state index is 0.316. The van der Waals surface area contributed by atoms with Crippen LogP contribution in [-0.2, 0) is 16.1 Å². The van der Waals surface area contributed by atoms with Gasteiger partial charge in [0.25, 0.3) is 0 Å². The van der Waals surface area contributed by atoms with Crippen LogP contribution in [0.4, 0.5) is 0 Å². The van der Waals surface area contributed by atoms with Gasteiger partial charge in [-0.05, 0) is 5.56 Å². The molecule has 2 nitrogen and oxygen atoms in total. The highest BCUT2D eigenvalue weighted by atomic mass is 28.3. The third-order valence-corrected chi connectivity index (χ3v) is 4.98. The van der Waals surface area contributed by atoms with Crippen molar-refractivity contribution in [2.75, 3.05) is 13.2 Å². The molecule has 0 N–H and O–H groups in total. The molecule has 0 amide bonds. The summed E-state index contributed by atoms with van der Waals surface area (Å²) in [5.74, 6) is 0. The molecule has 1 fully saturated rings. The van der Waals surface area contributed by atoms with Gasteiger partial charge in [-0.15, -0.1) is 0 Å². The van der Waals surface area contributed by atoms with Gasteiger partial charge in [-0.1, -0.05) is 49.1 Å². The van der Waals surface area contributed by atoms with Crippen molar-refractivity contribution < 1.29 is 9.47 Å². The normalized spacial score (nSPS) is 17.2. The lowest BCUT2D eigenvalue weighted by molar-refractivity contribution is -0.135. The molecule has 1 heterocycles. The molecule has 0 radical (unpaired) electrons. The van der Waals surface area contributed by atoms with Gasteiger partial charge in [0, 0.05) is 0 Å². The second kappa shape index (κ2) is 4.70. The zero-order valence-corrected chi connectivity index (χ0v) is 11.3. The summed E-state index contributed by atoms with van der Waals surface area (Å²) in [4.78, 5) is 0. The molecule has 3 heteroatoms. The molecule has 0 atom stereocenters. The van der Waals surface area contributed by atoms with E-state index in [-0.39, 0.29) is 0 Å². The molecule has 1 aliphatic heterocycles. The molecule has 0 aliphatic carbocycles. The Morgan fingerprint density at radius 1 is 1.19 bits per heavy atom. The van der Waals surface area contributed by atoms with Gasteiger partial charge in [-0.25, -0.2) is 0 Å². The first-order valence-corrected chi connectivity index (χ1v) is 9.34. The molecule has 0 saturated carbocycles. The van der Waals surface area contributed by atoms with Gasteiger partial charge in [0.1, 0.15) is 6.10 Å². The van der Waals surface area contributed by atoms with E-state index in [1.54, 1.807) is 0 Å². The van der Waals surface area contributed by atoms with Gasteiger partial charge in [0.15, 0.2) is 0 Å². The van der Waals surface area contributed by atoms with Crippen molar-refractivity contribution in [3.63, 3.8) is 0 Å². The first kappa shape index (κ1) is 11.8. The maximum absolute atomic E-state index is 5.68. The van der Waals surface area contributed by atoms with Gasteiger partial charge in [-0.3, -0.25) is 0 Å². The van der Waals surface area contributed by atoms with Crippen LogP contribution in [0.5, 0.6) is 0 Å². The van der Waals surface area contributed by atoms with Crippen LogP contribution in [0, 0.1) is 0 Å². The molecular weight excluding hydrogens is 216 g/mol. The van der Waals surface area contributed by atoms with Crippen molar-refractivity contribution in [1.29, 1.82) is 0 Å². The Morgan fingerprint density at radius 2 is 1.81 bits per heavy atom. The Balaban J connectivity index is 1.91. The zero-order chi connectivity index (χ0) is 11.6. The highest BCUT2D eigenvalue weighted by Gasteiger charge is 2.19. The molecule has 1 saturated heterocycles. The number of hydrogen-bond donors (Lipinski definition) is 0. The molecule has 0 aromatic heterocycles. The predicted molar refractivity (Wildman–Crippen MR) is 68.8 cm³/mol. The van der Waals surface area contributed by atoms with Crippen LogP contribution in [0.15, 0.2) is 24.3 Å². The highest BCUT2D eigenvalue weighted by Crippen LogP contribution is 2.10. The van der Waals surface area contributed by atoms with E-state index in [0.29, 0.717) is 12.7 Å². The Bertz CT molecular complexity index is 336. The third-order valence-electron chi connectivity index (χ3n) is 2.91. The summed E-state index contributed by atoms with van der Waals surface area (Å²) in [6.07, 6.45) is 0.316. The number of hydrogen-bond acceptors (Lipinski definition) is 2. The summed E-state index contributed by atoms with van der Waals surface area (Å²) in [5, 5.41) is 1.50. The zero-order valence-electron chi connectivity index (χ0n) is 10.3. The van der Waals surface area contributed by atoms with E-state index >= 15 is 0 Å². The standard InChI is InChI=1S/C13H20O2Si/c1-16(2,3)13-6-4-11(5-7-13)8-15-12-9-14-10-12/h4-7,12H,8-10H2,1-3H3. The van der Waals surface area contributed by atoms with Crippen LogP contribution in [0.2, 0.25) is 19.6 Å². The first-order chi connectivity index (χ1) is 7.55. The molecule has 16 heavy (non-hydrogen) atoms. The lowest BCUT2D eigenvalue weighted by Gasteiger charge is -2.26. The Hall–Kier alpha value is -0.643. The van der Waals surface area contributed by atoms with Crippen molar-refractivity contribution in [3.8, 4) is 0 Å². The van der Waals surface area contributed by atoms with E-state index in [1.165, 1.54) is 10.8 Å². The van der Waals surface area contributed by atoms with Gasteiger partial charge in [-0.2, -0.15) is 0 Å². The predicted octanol–water partition coefficient (Wildman–Crippen LogP) is 2.15. The van der Waals surface area contributed by atoms with E-state index in [1.807, 2.05) is 0 Å². The molecule has 2 rings (SSSR count). The van der Waals surface area contributed by atoms with Crippen molar-refractivity contribution in [1.82, 2.24) is 0 Å². The van der Waals surface area contributed by atoms with Gasteiger partial charge in [0.05, 0.1) is 27.9 Å². The second-order valence-electron chi connectivity index (χ2n) is 5.42. The maximum atomic E-state index is 5.68. The lowest BCUT2D eigenvalue weighted by Crippen LogP contribution is -2.37. The number of rotatable bonds is 4. The summed E-state index contributed by atoms with van der Waals surface area (Å²) >= 11 is 0.